The van der Waals surface area contributed by atoms with Gasteiger partial charge >= 0.3 is 0 Å². The minimum Gasteiger partial charge on any atom is -0.212 e. The van der Waals surface area contributed by atoms with Crippen LogP contribution in [0.2, 0.25) is 10.0 Å². The quantitative estimate of drug-likeness (QED) is 0.673. The third-order valence-corrected chi connectivity index (χ3v) is 6.47. The molecule has 2 aromatic rings. The fraction of sp³-hybridized carbons (Fsp3) is 0. The summed E-state index contributed by atoms with van der Waals surface area (Å²) in [6, 6.07) is 10.1. The lowest BCUT2D eigenvalue weighted by Crippen LogP contribution is -2.04. The van der Waals surface area contributed by atoms with Crippen molar-refractivity contribution >= 4 is 42.9 Å². The standard InChI is InChI=1S/C12H6Cl2O2S2/c13-7-1-3-9-10-4-2-8(14)6-12(10)18(15,16)17-11(9)5-7/h1-6H. The number of hydrogen-bond acceptors (Lipinski definition) is 3. The molecular formula is C12H6Cl2O2S2. The number of rotatable bonds is 0. The molecular weight excluding hydrogens is 311 g/mol. The van der Waals surface area contributed by atoms with E-state index in [1.165, 1.54) is 6.07 Å². The first-order chi connectivity index (χ1) is 8.47. The van der Waals surface area contributed by atoms with E-state index in [1.807, 2.05) is 6.07 Å². The van der Waals surface area contributed by atoms with Crippen molar-refractivity contribution < 1.29 is 8.42 Å². The van der Waals surface area contributed by atoms with E-state index < -0.39 is 8.87 Å². The molecule has 3 rings (SSSR count). The van der Waals surface area contributed by atoms with Gasteiger partial charge in [-0.25, -0.2) is 8.42 Å². The number of benzene rings is 2. The highest BCUT2D eigenvalue weighted by molar-refractivity contribution is 8.72. The molecule has 1 heterocycles. The number of fused-ring (bicyclic) bond motifs is 3. The molecule has 0 saturated heterocycles. The van der Waals surface area contributed by atoms with Crippen LogP contribution in [-0.4, -0.2) is 8.42 Å². The predicted molar refractivity (Wildman–Crippen MR) is 74.9 cm³/mol. The van der Waals surface area contributed by atoms with E-state index in [4.69, 9.17) is 23.2 Å². The van der Waals surface area contributed by atoms with E-state index in [1.54, 1.807) is 24.3 Å². The Labute approximate surface area is 118 Å². The van der Waals surface area contributed by atoms with E-state index in [2.05, 4.69) is 0 Å². The summed E-state index contributed by atoms with van der Waals surface area (Å²) in [6.07, 6.45) is 0. The zero-order valence-corrected chi connectivity index (χ0v) is 12.0. The molecule has 0 fully saturated rings. The second kappa shape index (κ2) is 4.17. The normalized spacial score (nSPS) is 15.9. The maximum atomic E-state index is 12.2. The van der Waals surface area contributed by atoms with Crippen LogP contribution in [0.4, 0.5) is 0 Å². The summed E-state index contributed by atoms with van der Waals surface area (Å²) in [4.78, 5) is 0.909. The van der Waals surface area contributed by atoms with Crippen molar-refractivity contribution in [3.8, 4) is 11.1 Å². The lowest BCUT2D eigenvalue weighted by atomic mass is 10.1. The summed E-state index contributed by atoms with van der Waals surface area (Å²) >= 11 is 11.8. The molecule has 2 aromatic carbocycles. The van der Waals surface area contributed by atoms with Crippen molar-refractivity contribution in [1.82, 2.24) is 0 Å². The van der Waals surface area contributed by atoms with Crippen molar-refractivity contribution in [2.45, 2.75) is 9.79 Å². The Bertz CT molecular complexity index is 755. The zero-order chi connectivity index (χ0) is 12.9. The third-order valence-electron chi connectivity index (χ3n) is 2.65. The fourth-order valence-electron chi connectivity index (χ4n) is 1.88. The van der Waals surface area contributed by atoms with Crippen LogP contribution in [0, 0.1) is 0 Å². The molecule has 0 spiro atoms. The highest BCUT2D eigenvalue weighted by atomic mass is 35.5. The molecule has 1 aliphatic rings. The molecule has 6 heteroatoms. The first-order valence-corrected chi connectivity index (χ1v) is 8.58. The van der Waals surface area contributed by atoms with Crippen LogP contribution in [0.25, 0.3) is 11.1 Å². The summed E-state index contributed by atoms with van der Waals surface area (Å²) in [6.45, 7) is 0. The Morgan fingerprint density at radius 1 is 0.889 bits per heavy atom. The van der Waals surface area contributed by atoms with Gasteiger partial charge in [0.25, 0.3) is 0 Å². The van der Waals surface area contributed by atoms with Gasteiger partial charge in [0.2, 0.25) is 8.87 Å². The van der Waals surface area contributed by atoms with Gasteiger partial charge in [-0.05, 0) is 29.8 Å². The van der Waals surface area contributed by atoms with Gasteiger partial charge in [-0.3, -0.25) is 0 Å². The summed E-state index contributed by atoms with van der Waals surface area (Å²) < 4.78 is 24.3. The second-order valence-corrected chi connectivity index (χ2v) is 8.46. The van der Waals surface area contributed by atoms with E-state index >= 15 is 0 Å². The molecule has 18 heavy (non-hydrogen) atoms. The maximum Gasteiger partial charge on any atom is 0.235 e. The van der Waals surface area contributed by atoms with Gasteiger partial charge in [0.1, 0.15) is 0 Å². The first kappa shape index (κ1) is 12.4. The highest BCUT2D eigenvalue weighted by Crippen LogP contribution is 2.47. The minimum absolute atomic E-state index is 0.259. The summed E-state index contributed by atoms with van der Waals surface area (Å²) in [5.41, 5.74) is 1.54. The predicted octanol–water partition coefficient (Wildman–Crippen LogP) is 4.45. The average Bonchev–Trinajstić information content (AvgIpc) is 2.28. The van der Waals surface area contributed by atoms with Crippen molar-refractivity contribution in [2.24, 2.45) is 0 Å². The smallest absolute Gasteiger partial charge is 0.212 e. The van der Waals surface area contributed by atoms with Crippen molar-refractivity contribution in [3.63, 3.8) is 0 Å². The van der Waals surface area contributed by atoms with E-state index in [0.717, 1.165) is 16.4 Å². The molecule has 2 nitrogen and oxygen atoms in total. The van der Waals surface area contributed by atoms with Gasteiger partial charge < -0.3 is 0 Å². The number of hydrogen-bond donors (Lipinski definition) is 0. The molecule has 92 valence electrons. The summed E-state index contributed by atoms with van der Waals surface area (Å²) in [7, 11) is -2.61. The van der Waals surface area contributed by atoms with Gasteiger partial charge in [0.15, 0.2) is 0 Å². The molecule has 0 bridgehead atoms. The third kappa shape index (κ3) is 1.93. The van der Waals surface area contributed by atoms with Crippen LogP contribution in [0.5, 0.6) is 0 Å². The Morgan fingerprint density at radius 3 is 2.22 bits per heavy atom. The fourth-order valence-corrected chi connectivity index (χ4v) is 5.64. The Morgan fingerprint density at radius 2 is 1.50 bits per heavy atom. The van der Waals surface area contributed by atoms with E-state index in [0.29, 0.717) is 20.5 Å². The lowest BCUT2D eigenvalue weighted by molar-refractivity contribution is 0.610. The highest BCUT2D eigenvalue weighted by Gasteiger charge is 2.29. The molecule has 0 saturated carbocycles. The van der Waals surface area contributed by atoms with E-state index in [9.17, 15) is 8.42 Å². The van der Waals surface area contributed by atoms with Crippen LogP contribution in [0.15, 0.2) is 46.2 Å². The molecule has 1 aliphatic heterocycles. The molecule has 0 radical (unpaired) electrons. The van der Waals surface area contributed by atoms with Crippen molar-refractivity contribution in [1.29, 1.82) is 0 Å². The van der Waals surface area contributed by atoms with Crippen LogP contribution >= 0.6 is 34.0 Å². The topological polar surface area (TPSA) is 34.1 Å². The van der Waals surface area contributed by atoms with Crippen LogP contribution in [0.3, 0.4) is 0 Å². The van der Waals surface area contributed by atoms with Gasteiger partial charge in [0, 0.05) is 31.3 Å². The largest absolute Gasteiger partial charge is 0.235 e. The van der Waals surface area contributed by atoms with E-state index in [-0.39, 0.29) is 4.90 Å². The Hall–Kier alpha value is -0.680. The Kier molecular flexibility index (Phi) is 2.86. The SMILES string of the molecule is O=S1(=O)Sc2cc(Cl)ccc2-c2ccc(Cl)cc21. The second-order valence-electron chi connectivity index (χ2n) is 3.82. The molecule has 0 amide bonds. The first-order valence-electron chi connectivity index (χ1n) is 5.01. The van der Waals surface area contributed by atoms with Gasteiger partial charge in [-0.2, -0.15) is 0 Å². The number of halogens is 2. The molecule has 0 unspecified atom stereocenters. The molecule has 0 atom stereocenters. The molecule has 0 aromatic heterocycles. The summed E-state index contributed by atoms with van der Waals surface area (Å²) in [5.74, 6) is 0. The minimum atomic E-state index is -3.42. The van der Waals surface area contributed by atoms with Gasteiger partial charge in [-0.1, -0.05) is 35.3 Å². The average molecular weight is 317 g/mol. The lowest BCUT2D eigenvalue weighted by Gasteiger charge is -2.19. The molecule has 0 aliphatic carbocycles. The van der Waals surface area contributed by atoms with Crippen molar-refractivity contribution in [3.05, 3.63) is 46.4 Å². The van der Waals surface area contributed by atoms with Gasteiger partial charge in [-0.15, -0.1) is 0 Å². The molecule has 0 N–H and O–H groups in total. The van der Waals surface area contributed by atoms with Crippen LogP contribution in [-0.2, 0) is 8.87 Å². The zero-order valence-electron chi connectivity index (χ0n) is 8.85. The monoisotopic (exact) mass is 316 g/mol. The van der Waals surface area contributed by atoms with Crippen LogP contribution in [0.1, 0.15) is 0 Å². The van der Waals surface area contributed by atoms with Gasteiger partial charge in [0.05, 0.1) is 4.90 Å². The maximum absolute atomic E-state index is 12.2. The Balaban J connectivity index is 2.39. The van der Waals surface area contributed by atoms with Crippen LogP contribution < -0.4 is 0 Å². The van der Waals surface area contributed by atoms with Crippen molar-refractivity contribution in [2.75, 3.05) is 0 Å². The summed E-state index contributed by atoms with van der Waals surface area (Å²) in [5, 5.41) is 0.934.